The Balaban J connectivity index is 1.31. The Morgan fingerprint density at radius 3 is 3.09 bits per heavy atom. The Hall–Kier alpha value is -2.13. The van der Waals surface area contributed by atoms with E-state index in [9.17, 15) is 0 Å². The number of hydrogen-bond donors (Lipinski definition) is 1. The van der Waals surface area contributed by atoms with E-state index in [1.54, 1.807) is 6.20 Å². The number of nitrogens with one attached hydrogen (secondary N) is 1. The van der Waals surface area contributed by atoms with Crippen LogP contribution in [0.1, 0.15) is 24.7 Å². The fourth-order valence-corrected chi connectivity index (χ4v) is 2.78. The van der Waals surface area contributed by atoms with Crippen LogP contribution in [-0.4, -0.2) is 67.6 Å². The van der Waals surface area contributed by atoms with Crippen molar-refractivity contribution in [1.82, 2.24) is 35.3 Å². The minimum atomic E-state index is 0.121. The van der Waals surface area contributed by atoms with Gasteiger partial charge >= 0.3 is 0 Å². The van der Waals surface area contributed by atoms with Gasteiger partial charge in [0.1, 0.15) is 5.82 Å². The third kappa shape index (κ3) is 3.62. The van der Waals surface area contributed by atoms with Crippen LogP contribution in [-0.2, 0) is 11.3 Å². The van der Waals surface area contributed by atoms with E-state index >= 15 is 0 Å². The van der Waals surface area contributed by atoms with E-state index in [1.165, 1.54) is 12.8 Å². The van der Waals surface area contributed by atoms with Crippen molar-refractivity contribution in [1.29, 1.82) is 0 Å². The molecule has 0 aromatic carbocycles. The summed E-state index contributed by atoms with van der Waals surface area (Å²) in [5.74, 6) is 1.72. The van der Waals surface area contributed by atoms with Gasteiger partial charge in [0, 0.05) is 25.8 Å². The van der Waals surface area contributed by atoms with Crippen molar-refractivity contribution in [2.24, 2.45) is 0 Å². The molecule has 1 saturated carbocycles. The molecule has 2 aromatic rings. The molecule has 2 fully saturated rings. The van der Waals surface area contributed by atoms with Crippen LogP contribution in [0.3, 0.4) is 0 Å². The van der Waals surface area contributed by atoms with Crippen molar-refractivity contribution in [3.05, 3.63) is 24.2 Å². The second kappa shape index (κ2) is 6.55. The molecule has 3 heterocycles. The van der Waals surface area contributed by atoms with Crippen LogP contribution in [0.15, 0.2) is 18.3 Å². The molecule has 1 aliphatic carbocycles. The maximum Gasteiger partial charge on any atom is 0.165 e. The van der Waals surface area contributed by atoms with Crippen LogP contribution in [0.2, 0.25) is 0 Å². The summed E-state index contributed by atoms with van der Waals surface area (Å²) < 4.78 is 7.80. The molecule has 9 heteroatoms. The van der Waals surface area contributed by atoms with Crippen molar-refractivity contribution in [2.45, 2.75) is 31.5 Å². The first-order valence-corrected chi connectivity index (χ1v) is 8.01. The van der Waals surface area contributed by atoms with E-state index in [1.807, 2.05) is 16.8 Å². The Morgan fingerprint density at radius 2 is 2.26 bits per heavy atom. The lowest BCUT2D eigenvalue weighted by atomic mass is 10.2. The number of tetrazole rings is 1. The highest BCUT2D eigenvalue weighted by molar-refractivity contribution is 5.31. The molecular formula is C14H20N8O. The van der Waals surface area contributed by atoms with E-state index in [4.69, 9.17) is 4.74 Å². The van der Waals surface area contributed by atoms with Crippen LogP contribution >= 0.6 is 0 Å². The zero-order valence-electron chi connectivity index (χ0n) is 12.9. The van der Waals surface area contributed by atoms with Gasteiger partial charge in [-0.25, -0.2) is 4.68 Å². The van der Waals surface area contributed by atoms with Crippen LogP contribution < -0.4 is 5.32 Å². The van der Waals surface area contributed by atoms with Gasteiger partial charge in [-0.05, 0) is 35.4 Å². The number of nitrogens with zero attached hydrogens (tertiary/aromatic N) is 7. The van der Waals surface area contributed by atoms with Crippen molar-refractivity contribution < 1.29 is 4.74 Å². The van der Waals surface area contributed by atoms with E-state index < -0.39 is 0 Å². The summed E-state index contributed by atoms with van der Waals surface area (Å²) in [5.41, 5.74) is 0. The topological polar surface area (TPSA) is 93.9 Å². The Morgan fingerprint density at radius 1 is 1.30 bits per heavy atom. The lowest BCUT2D eigenvalue weighted by Crippen LogP contribution is -2.45. The number of aromatic nitrogens is 6. The molecule has 2 aliphatic rings. The van der Waals surface area contributed by atoms with Crippen LogP contribution in [0.25, 0.3) is 0 Å². The number of rotatable bonds is 6. The molecule has 1 N–H and O–H groups in total. The van der Waals surface area contributed by atoms with Crippen LogP contribution in [0, 0.1) is 0 Å². The predicted molar refractivity (Wildman–Crippen MR) is 81.6 cm³/mol. The average Bonchev–Trinajstić information content (AvgIpc) is 3.34. The zero-order chi connectivity index (χ0) is 15.5. The highest BCUT2D eigenvalue weighted by atomic mass is 16.5. The van der Waals surface area contributed by atoms with Gasteiger partial charge in [0.05, 0.1) is 25.3 Å². The first-order chi connectivity index (χ1) is 11.4. The number of ether oxygens (including phenoxy) is 1. The third-order valence-electron chi connectivity index (χ3n) is 4.12. The lowest BCUT2D eigenvalue weighted by molar-refractivity contribution is -0.0252. The Bertz CT molecular complexity index is 629. The fraction of sp³-hybridized carbons (Fsp3) is 0.643. The van der Waals surface area contributed by atoms with Crippen molar-refractivity contribution >= 4 is 5.82 Å². The zero-order valence-corrected chi connectivity index (χ0v) is 12.9. The maximum absolute atomic E-state index is 5.83. The predicted octanol–water partition coefficient (Wildman–Crippen LogP) is 0.111. The maximum atomic E-state index is 5.83. The van der Waals surface area contributed by atoms with Crippen molar-refractivity contribution in [3.8, 4) is 0 Å². The molecule has 0 spiro atoms. The standard InChI is InChI=1S/C14H20N8O/c1-2-13(17-16-5-1)15-8-12-9-21(6-7-23-12)10-14-18-19-20-22(14)11-3-4-11/h1-2,5,11-12H,3-4,6-10H2,(H,15,17). The number of morpholine rings is 1. The summed E-state index contributed by atoms with van der Waals surface area (Å²) in [6, 6.07) is 4.27. The fourth-order valence-electron chi connectivity index (χ4n) is 2.78. The normalized spacial score (nSPS) is 22.2. The van der Waals surface area contributed by atoms with E-state index in [0.717, 1.165) is 37.9 Å². The van der Waals surface area contributed by atoms with Gasteiger partial charge in [-0.3, -0.25) is 4.90 Å². The lowest BCUT2D eigenvalue weighted by Gasteiger charge is -2.32. The van der Waals surface area contributed by atoms with Gasteiger partial charge in [-0.15, -0.1) is 10.2 Å². The average molecular weight is 316 g/mol. The summed E-state index contributed by atoms with van der Waals surface area (Å²) in [7, 11) is 0. The summed E-state index contributed by atoms with van der Waals surface area (Å²) >= 11 is 0. The van der Waals surface area contributed by atoms with Gasteiger partial charge in [0.25, 0.3) is 0 Å². The summed E-state index contributed by atoms with van der Waals surface area (Å²) in [4.78, 5) is 2.34. The monoisotopic (exact) mass is 316 g/mol. The van der Waals surface area contributed by atoms with E-state index in [2.05, 4.69) is 35.9 Å². The molecule has 1 atom stereocenters. The van der Waals surface area contributed by atoms with E-state index in [-0.39, 0.29) is 6.10 Å². The molecule has 1 unspecified atom stereocenters. The summed E-state index contributed by atoms with van der Waals surface area (Å²) in [6.07, 6.45) is 4.15. The van der Waals surface area contributed by atoms with Gasteiger partial charge in [0.2, 0.25) is 0 Å². The second-order valence-electron chi connectivity index (χ2n) is 5.99. The molecule has 1 aliphatic heterocycles. The van der Waals surface area contributed by atoms with Gasteiger partial charge in [0.15, 0.2) is 5.82 Å². The Kier molecular flexibility index (Phi) is 4.12. The van der Waals surface area contributed by atoms with Crippen molar-refractivity contribution in [2.75, 3.05) is 31.6 Å². The molecule has 1 saturated heterocycles. The highest BCUT2D eigenvalue weighted by Crippen LogP contribution is 2.34. The van der Waals surface area contributed by atoms with Crippen molar-refractivity contribution in [3.63, 3.8) is 0 Å². The largest absolute Gasteiger partial charge is 0.374 e. The van der Waals surface area contributed by atoms with Gasteiger partial charge in [-0.2, -0.15) is 5.10 Å². The highest BCUT2D eigenvalue weighted by Gasteiger charge is 2.29. The van der Waals surface area contributed by atoms with Gasteiger partial charge < -0.3 is 10.1 Å². The second-order valence-corrected chi connectivity index (χ2v) is 5.99. The van der Waals surface area contributed by atoms with Crippen LogP contribution in [0.5, 0.6) is 0 Å². The molecule has 122 valence electrons. The number of hydrogen-bond acceptors (Lipinski definition) is 8. The minimum Gasteiger partial charge on any atom is -0.374 e. The molecule has 0 bridgehead atoms. The first-order valence-electron chi connectivity index (χ1n) is 8.01. The molecule has 9 nitrogen and oxygen atoms in total. The minimum absolute atomic E-state index is 0.121. The number of anilines is 1. The quantitative estimate of drug-likeness (QED) is 0.802. The molecule has 0 radical (unpaired) electrons. The smallest absolute Gasteiger partial charge is 0.165 e. The molecule has 23 heavy (non-hydrogen) atoms. The molecular weight excluding hydrogens is 296 g/mol. The summed E-state index contributed by atoms with van der Waals surface area (Å²) in [6.45, 7) is 3.96. The SMILES string of the molecule is c1cnnc(NCC2CN(Cc3nnnn3C3CC3)CCO2)c1. The Labute approximate surface area is 134 Å². The molecule has 4 rings (SSSR count). The van der Waals surface area contributed by atoms with Gasteiger partial charge in [-0.1, -0.05) is 0 Å². The third-order valence-corrected chi connectivity index (χ3v) is 4.12. The van der Waals surface area contributed by atoms with Crippen LogP contribution in [0.4, 0.5) is 5.82 Å². The summed E-state index contributed by atoms with van der Waals surface area (Å²) in [5, 5.41) is 23.2. The first kappa shape index (κ1) is 14.5. The molecule has 2 aromatic heterocycles. The molecule has 0 amide bonds. The van der Waals surface area contributed by atoms with E-state index in [0.29, 0.717) is 12.6 Å².